The first-order valence-electron chi connectivity index (χ1n) is 8.54. The molecule has 1 aliphatic heterocycles. The van der Waals surface area contributed by atoms with Crippen LogP contribution in [0.1, 0.15) is 22.8 Å². The summed E-state index contributed by atoms with van der Waals surface area (Å²) in [6.45, 7) is 3.12. The highest BCUT2D eigenvalue weighted by Gasteiger charge is 2.22. The summed E-state index contributed by atoms with van der Waals surface area (Å²) in [6, 6.07) is 11.1. The maximum atomic E-state index is 12.8. The molecule has 0 atom stereocenters. The van der Waals surface area contributed by atoms with Gasteiger partial charge in [-0.1, -0.05) is 6.07 Å². The fourth-order valence-corrected chi connectivity index (χ4v) is 3.84. The van der Waals surface area contributed by atoms with Gasteiger partial charge in [-0.2, -0.15) is 4.31 Å². The predicted octanol–water partition coefficient (Wildman–Crippen LogP) is 2.46. The van der Waals surface area contributed by atoms with Gasteiger partial charge >= 0.3 is 5.97 Å². The Kier molecular flexibility index (Phi) is 5.67. The van der Waals surface area contributed by atoms with Crippen molar-refractivity contribution in [2.75, 3.05) is 26.9 Å². The zero-order chi connectivity index (χ0) is 19.4. The number of ether oxygens (including phenoxy) is 3. The first-order chi connectivity index (χ1) is 12.9. The number of carbonyl (C=O) groups is 1. The molecule has 0 radical (unpaired) electrons. The normalized spacial score (nSPS) is 13.4. The lowest BCUT2D eigenvalue weighted by atomic mass is 10.2. The van der Waals surface area contributed by atoms with Crippen molar-refractivity contribution in [2.24, 2.45) is 0 Å². The molecule has 1 heterocycles. The van der Waals surface area contributed by atoms with Crippen LogP contribution in [0.2, 0.25) is 0 Å². The van der Waals surface area contributed by atoms with E-state index in [9.17, 15) is 13.2 Å². The van der Waals surface area contributed by atoms with Crippen LogP contribution in [0, 0.1) is 0 Å². The maximum absolute atomic E-state index is 12.8. The second-order valence-electron chi connectivity index (χ2n) is 5.98. The predicted molar refractivity (Wildman–Crippen MR) is 98.5 cm³/mol. The SMILES string of the molecule is CCOC(=O)c1ccc(S(=O)(=O)N(C)Cc2ccc3c(c2)OCCO3)cc1. The smallest absolute Gasteiger partial charge is 0.338 e. The Labute approximate surface area is 158 Å². The molecular weight excluding hydrogens is 370 g/mol. The number of rotatable bonds is 6. The Morgan fingerprint density at radius 1 is 1.07 bits per heavy atom. The molecule has 0 aromatic heterocycles. The van der Waals surface area contributed by atoms with Gasteiger partial charge in [-0.25, -0.2) is 13.2 Å². The van der Waals surface area contributed by atoms with Crippen molar-refractivity contribution in [1.29, 1.82) is 0 Å². The van der Waals surface area contributed by atoms with Crippen molar-refractivity contribution in [3.05, 3.63) is 53.6 Å². The van der Waals surface area contributed by atoms with Crippen molar-refractivity contribution < 1.29 is 27.4 Å². The summed E-state index contributed by atoms with van der Waals surface area (Å²) >= 11 is 0. The molecule has 7 nitrogen and oxygen atoms in total. The quantitative estimate of drug-likeness (QED) is 0.704. The van der Waals surface area contributed by atoms with Gasteiger partial charge in [0, 0.05) is 13.6 Å². The van der Waals surface area contributed by atoms with E-state index in [0.717, 1.165) is 5.56 Å². The third-order valence-corrected chi connectivity index (χ3v) is 5.90. The lowest BCUT2D eigenvalue weighted by Gasteiger charge is -2.21. The average molecular weight is 391 g/mol. The van der Waals surface area contributed by atoms with Gasteiger partial charge in [0.05, 0.1) is 17.1 Å². The van der Waals surface area contributed by atoms with Gasteiger partial charge in [-0.15, -0.1) is 0 Å². The number of fused-ring (bicyclic) bond motifs is 1. The van der Waals surface area contributed by atoms with Crippen molar-refractivity contribution in [2.45, 2.75) is 18.4 Å². The molecule has 0 saturated carbocycles. The summed E-state index contributed by atoms with van der Waals surface area (Å²) in [5.41, 5.74) is 1.10. The van der Waals surface area contributed by atoms with Gasteiger partial charge < -0.3 is 14.2 Å². The van der Waals surface area contributed by atoms with Crippen molar-refractivity contribution in [1.82, 2.24) is 4.31 Å². The van der Waals surface area contributed by atoms with Crippen LogP contribution in [0.25, 0.3) is 0 Å². The minimum atomic E-state index is -3.70. The number of sulfonamides is 1. The fraction of sp³-hybridized carbons (Fsp3) is 0.316. The van der Waals surface area contributed by atoms with Crippen molar-refractivity contribution >= 4 is 16.0 Å². The van der Waals surface area contributed by atoms with E-state index in [1.165, 1.54) is 35.6 Å². The summed E-state index contributed by atoms with van der Waals surface area (Å²) in [7, 11) is -2.20. The minimum absolute atomic E-state index is 0.107. The zero-order valence-electron chi connectivity index (χ0n) is 15.2. The summed E-state index contributed by atoms with van der Waals surface area (Å²) in [5, 5.41) is 0. The Morgan fingerprint density at radius 2 is 1.74 bits per heavy atom. The van der Waals surface area contributed by atoms with Gasteiger partial charge in [0.15, 0.2) is 11.5 Å². The van der Waals surface area contributed by atoms with Crippen LogP contribution in [-0.2, 0) is 21.3 Å². The van der Waals surface area contributed by atoms with Gasteiger partial charge in [0.25, 0.3) is 0 Å². The molecule has 0 amide bonds. The van der Waals surface area contributed by atoms with Crippen LogP contribution in [0.3, 0.4) is 0 Å². The number of hydrogen-bond donors (Lipinski definition) is 0. The topological polar surface area (TPSA) is 82.1 Å². The molecule has 1 aliphatic rings. The molecule has 0 bridgehead atoms. The van der Waals surface area contributed by atoms with Gasteiger partial charge in [-0.3, -0.25) is 0 Å². The first-order valence-corrected chi connectivity index (χ1v) is 9.98. The van der Waals surface area contributed by atoms with Gasteiger partial charge in [0.1, 0.15) is 13.2 Å². The molecule has 0 unspecified atom stereocenters. The number of benzene rings is 2. The summed E-state index contributed by atoms with van der Waals surface area (Å²) < 4.78 is 42.7. The largest absolute Gasteiger partial charge is 0.486 e. The van der Waals surface area contributed by atoms with E-state index in [0.29, 0.717) is 30.3 Å². The molecule has 0 spiro atoms. The van der Waals surface area contributed by atoms with E-state index in [1.54, 1.807) is 19.1 Å². The van der Waals surface area contributed by atoms with E-state index >= 15 is 0 Å². The summed E-state index contributed by atoms with van der Waals surface area (Å²) in [5.74, 6) is 0.791. The Balaban J connectivity index is 1.75. The monoisotopic (exact) mass is 391 g/mol. The Morgan fingerprint density at radius 3 is 2.41 bits per heavy atom. The van der Waals surface area contributed by atoms with Crippen LogP contribution in [-0.4, -0.2) is 45.6 Å². The molecule has 3 rings (SSSR count). The summed E-state index contributed by atoms with van der Waals surface area (Å²) in [6.07, 6.45) is 0. The van der Waals surface area contributed by atoms with Gasteiger partial charge in [0.2, 0.25) is 10.0 Å². The zero-order valence-corrected chi connectivity index (χ0v) is 16.0. The lowest BCUT2D eigenvalue weighted by molar-refractivity contribution is 0.0526. The molecular formula is C19H21NO6S. The second kappa shape index (κ2) is 7.98. The summed E-state index contributed by atoms with van der Waals surface area (Å²) in [4.78, 5) is 11.8. The van der Waals surface area contributed by atoms with Crippen LogP contribution >= 0.6 is 0 Å². The second-order valence-corrected chi connectivity index (χ2v) is 8.03. The molecule has 0 aliphatic carbocycles. The van der Waals surface area contributed by atoms with E-state index in [2.05, 4.69) is 0 Å². The molecule has 0 fully saturated rings. The lowest BCUT2D eigenvalue weighted by Crippen LogP contribution is -2.26. The van der Waals surface area contributed by atoms with Crippen LogP contribution in [0.15, 0.2) is 47.4 Å². The van der Waals surface area contributed by atoms with E-state index < -0.39 is 16.0 Å². The van der Waals surface area contributed by atoms with E-state index in [4.69, 9.17) is 14.2 Å². The highest BCUT2D eigenvalue weighted by molar-refractivity contribution is 7.89. The molecule has 8 heteroatoms. The van der Waals surface area contributed by atoms with Crippen LogP contribution in [0.4, 0.5) is 0 Å². The third-order valence-electron chi connectivity index (χ3n) is 4.09. The number of nitrogens with zero attached hydrogens (tertiary/aromatic N) is 1. The number of esters is 1. The molecule has 2 aromatic rings. The maximum Gasteiger partial charge on any atom is 0.338 e. The highest BCUT2D eigenvalue weighted by Crippen LogP contribution is 2.31. The average Bonchev–Trinajstić information content (AvgIpc) is 2.68. The molecule has 144 valence electrons. The molecule has 0 N–H and O–H groups in total. The number of carbonyl (C=O) groups excluding carboxylic acids is 1. The Bertz CT molecular complexity index is 924. The van der Waals surface area contributed by atoms with Crippen molar-refractivity contribution in [3.8, 4) is 11.5 Å². The molecule has 2 aromatic carbocycles. The van der Waals surface area contributed by atoms with E-state index in [-0.39, 0.29) is 18.0 Å². The molecule has 0 saturated heterocycles. The third kappa shape index (κ3) is 4.23. The number of hydrogen-bond acceptors (Lipinski definition) is 6. The van der Waals surface area contributed by atoms with E-state index in [1.807, 2.05) is 6.07 Å². The highest BCUT2D eigenvalue weighted by atomic mass is 32.2. The van der Waals surface area contributed by atoms with Gasteiger partial charge in [-0.05, 0) is 48.9 Å². The van der Waals surface area contributed by atoms with Crippen LogP contribution < -0.4 is 9.47 Å². The molecule has 27 heavy (non-hydrogen) atoms. The standard InChI is InChI=1S/C19H21NO6S/c1-3-24-19(21)15-5-7-16(8-6-15)27(22,23)20(2)13-14-4-9-17-18(12-14)26-11-10-25-17/h4-9,12H,3,10-11,13H2,1-2H3. The fourth-order valence-electron chi connectivity index (χ4n) is 2.69. The van der Waals surface area contributed by atoms with Crippen LogP contribution in [0.5, 0.6) is 11.5 Å². The minimum Gasteiger partial charge on any atom is -0.486 e. The Hall–Kier alpha value is -2.58. The first kappa shape index (κ1) is 19.2. The van der Waals surface area contributed by atoms with Crippen molar-refractivity contribution in [3.63, 3.8) is 0 Å².